The largest absolute Gasteiger partial charge is 0.396 e. The minimum Gasteiger partial charge on any atom is -0.396 e. The van der Waals surface area contributed by atoms with Crippen LogP contribution in [0.3, 0.4) is 0 Å². The Bertz CT molecular complexity index is 603. The molecular weight excluding hydrogens is 488 g/mol. The number of likely N-dealkylation sites (N-methyl/N-ethyl adjacent to an activating group) is 2. The van der Waals surface area contributed by atoms with Crippen molar-refractivity contribution in [3.63, 3.8) is 0 Å². The molecule has 6 N–H and O–H groups in total. The summed E-state index contributed by atoms with van der Waals surface area (Å²) in [5.41, 5.74) is 0. The lowest BCUT2D eigenvalue weighted by Gasteiger charge is -2.30. The molecule has 38 heavy (non-hydrogen) atoms. The van der Waals surface area contributed by atoms with Crippen LogP contribution in [0.1, 0.15) is 12.8 Å². The van der Waals surface area contributed by atoms with Crippen LogP contribution in [0.15, 0.2) is 36.5 Å². The SMILES string of the molecule is C[N+](C)(C/C=C/CN(CCO)C(CO)CCO)C/C=C/C[N+](C)(C)C/C=C/CN(CCO)C(CO)CCO. The second-order valence-electron chi connectivity index (χ2n) is 11.2. The van der Waals surface area contributed by atoms with Gasteiger partial charge in [-0.3, -0.25) is 9.80 Å². The van der Waals surface area contributed by atoms with Crippen molar-refractivity contribution in [3.05, 3.63) is 36.5 Å². The molecule has 0 rings (SSSR count). The van der Waals surface area contributed by atoms with E-state index in [4.69, 9.17) is 0 Å². The maximum absolute atomic E-state index is 9.57. The molecule has 0 saturated carbocycles. The van der Waals surface area contributed by atoms with Crippen molar-refractivity contribution in [1.29, 1.82) is 0 Å². The molecular formula is C28H58N4O6+2. The third-order valence-corrected chi connectivity index (χ3v) is 6.73. The fourth-order valence-corrected chi connectivity index (χ4v) is 4.19. The predicted molar refractivity (Wildman–Crippen MR) is 154 cm³/mol. The highest BCUT2D eigenvalue weighted by atomic mass is 16.3. The van der Waals surface area contributed by atoms with Crippen LogP contribution in [0, 0.1) is 0 Å². The van der Waals surface area contributed by atoms with Crippen LogP contribution in [-0.2, 0) is 0 Å². The van der Waals surface area contributed by atoms with Crippen LogP contribution in [0.2, 0.25) is 0 Å². The zero-order valence-electron chi connectivity index (χ0n) is 24.4. The van der Waals surface area contributed by atoms with Gasteiger partial charge in [0.2, 0.25) is 0 Å². The fourth-order valence-electron chi connectivity index (χ4n) is 4.19. The second-order valence-corrected chi connectivity index (χ2v) is 11.2. The molecule has 0 aromatic heterocycles. The number of aliphatic hydroxyl groups is 6. The summed E-state index contributed by atoms with van der Waals surface area (Å²) >= 11 is 0. The van der Waals surface area contributed by atoms with Crippen molar-refractivity contribution in [1.82, 2.24) is 9.80 Å². The van der Waals surface area contributed by atoms with Gasteiger partial charge >= 0.3 is 0 Å². The lowest BCUT2D eigenvalue weighted by atomic mass is 10.2. The van der Waals surface area contributed by atoms with Gasteiger partial charge in [0, 0.05) is 51.5 Å². The molecule has 0 heterocycles. The number of rotatable bonds is 24. The van der Waals surface area contributed by atoms with Gasteiger partial charge in [-0.2, -0.15) is 0 Å². The molecule has 0 bridgehead atoms. The molecule has 10 nitrogen and oxygen atoms in total. The number of quaternary nitrogens is 2. The van der Waals surface area contributed by atoms with Crippen LogP contribution < -0.4 is 0 Å². The van der Waals surface area contributed by atoms with E-state index in [1.165, 1.54) is 0 Å². The smallest absolute Gasteiger partial charge is 0.0974 e. The number of hydrogen-bond donors (Lipinski definition) is 6. The zero-order chi connectivity index (χ0) is 28.9. The topological polar surface area (TPSA) is 128 Å². The van der Waals surface area contributed by atoms with E-state index in [0.717, 1.165) is 35.1 Å². The molecule has 224 valence electrons. The van der Waals surface area contributed by atoms with Crippen molar-refractivity contribution in [3.8, 4) is 0 Å². The van der Waals surface area contributed by atoms with Gasteiger partial charge in [0.1, 0.15) is 0 Å². The monoisotopic (exact) mass is 546 g/mol. The second kappa shape index (κ2) is 21.6. The van der Waals surface area contributed by atoms with E-state index in [9.17, 15) is 30.6 Å². The first-order valence-electron chi connectivity index (χ1n) is 13.8. The van der Waals surface area contributed by atoms with Crippen molar-refractivity contribution in [2.75, 3.05) is 120 Å². The highest BCUT2D eigenvalue weighted by molar-refractivity contribution is 4.90. The van der Waals surface area contributed by atoms with Crippen molar-refractivity contribution >= 4 is 0 Å². The van der Waals surface area contributed by atoms with E-state index in [1.807, 2.05) is 9.80 Å². The Labute approximate surface area is 231 Å². The third-order valence-electron chi connectivity index (χ3n) is 6.73. The first-order chi connectivity index (χ1) is 18.1. The van der Waals surface area contributed by atoms with E-state index < -0.39 is 0 Å². The lowest BCUT2D eigenvalue weighted by Crippen LogP contribution is -2.42. The minimum absolute atomic E-state index is 0.0125. The molecule has 2 atom stereocenters. The van der Waals surface area contributed by atoms with Crippen molar-refractivity contribution < 1.29 is 39.6 Å². The van der Waals surface area contributed by atoms with Gasteiger partial charge in [-0.15, -0.1) is 0 Å². The van der Waals surface area contributed by atoms with Gasteiger partial charge in [0.25, 0.3) is 0 Å². The van der Waals surface area contributed by atoms with E-state index in [2.05, 4.69) is 64.6 Å². The summed E-state index contributed by atoms with van der Waals surface area (Å²) in [6.45, 7) is 5.68. The molecule has 0 amide bonds. The van der Waals surface area contributed by atoms with E-state index >= 15 is 0 Å². The fraction of sp³-hybridized carbons (Fsp3) is 0.786. The molecule has 10 heteroatoms. The average Bonchev–Trinajstić information content (AvgIpc) is 2.87. The van der Waals surface area contributed by atoms with Crippen molar-refractivity contribution in [2.24, 2.45) is 0 Å². The number of nitrogens with zero attached hydrogens (tertiary/aromatic N) is 4. The zero-order valence-corrected chi connectivity index (χ0v) is 24.4. The van der Waals surface area contributed by atoms with Gasteiger partial charge in [0.15, 0.2) is 0 Å². The highest BCUT2D eigenvalue weighted by Gasteiger charge is 2.17. The number of hydrogen-bond acceptors (Lipinski definition) is 8. The van der Waals surface area contributed by atoms with Crippen LogP contribution in [-0.4, -0.2) is 182 Å². The Morgan fingerprint density at radius 3 is 1.08 bits per heavy atom. The molecule has 0 spiro atoms. The van der Waals surface area contributed by atoms with Crippen molar-refractivity contribution in [2.45, 2.75) is 24.9 Å². The third kappa shape index (κ3) is 17.4. The molecule has 0 radical (unpaired) electrons. The Kier molecular flexibility index (Phi) is 20.9. The summed E-state index contributed by atoms with van der Waals surface area (Å²) < 4.78 is 1.61. The average molecular weight is 547 g/mol. The van der Waals surface area contributed by atoms with Gasteiger partial charge in [-0.25, -0.2) is 0 Å². The van der Waals surface area contributed by atoms with Gasteiger partial charge in [-0.05, 0) is 37.1 Å². The van der Waals surface area contributed by atoms with Crippen LogP contribution in [0.5, 0.6) is 0 Å². The summed E-state index contributed by atoms with van der Waals surface area (Å²) in [5.74, 6) is 0. The Balaban J connectivity index is 4.62. The maximum atomic E-state index is 9.57. The molecule has 0 fully saturated rings. The Hall–Kier alpha value is -1.18. The van der Waals surface area contributed by atoms with Crippen LogP contribution in [0.4, 0.5) is 0 Å². The van der Waals surface area contributed by atoms with E-state index in [0.29, 0.717) is 39.0 Å². The molecule has 0 aliphatic heterocycles. The summed E-state index contributed by atoms with van der Waals surface area (Å²) in [7, 11) is 8.72. The molecule has 0 aromatic carbocycles. The Morgan fingerprint density at radius 1 is 0.500 bits per heavy atom. The summed E-state index contributed by atoms with van der Waals surface area (Å²) in [5, 5.41) is 56.1. The summed E-state index contributed by atoms with van der Waals surface area (Å²) in [6.07, 6.45) is 13.8. The van der Waals surface area contributed by atoms with Gasteiger partial charge < -0.3 is 39.6 Å². The first-order valence-corrected chi connectivity index (χ1v) is 13.8. The molecule has 0 aliphatic carbocycles. The molecule has 0 aliphatic rings. The molecule has 0 saturated heterocycles. The van der Waals surface area contributed by atoms with E-state index in [1.54, 1.807) is 0 Å². The molecule has 2 unspecified atom stereocenters. The van der Waals surface area contributed by atoms with E-state index in [-0.39, 0.29) is 51.7 Å². The predicted octanol–water partition coefficient (Wildman–Crippen LogP) is -1.12. The maximum Gasteiger partial charge on any atom is 0.0974 e. The van der Waals surface area contributed by atoms with Gasteiger partial charge in [-0.1, -0.05) is 12.2 Å². The van der Waals surface area contributed by atoms with Gasteiger partial charge in [0.05, 0.1) is 80.8 Å². The quantitative estimate of drug-likeness (QED) is 0.0664. The molecule has 0 aromatic rings. The lowest BCUT2D eigenvalue weighted by molar-refractivity contribution is -0.881. The number of aliphatic hydroxyl groups excluding tert-OH is 6. The standard InChI is InChI=1S/C28H58N4O6/c1-31(2,17-7-5-13-29(15-23-35)27(25-37)11-21-33)19-9-10-20-32(3,4)18-8-6-14-30(16-24-36)28(26-38)12-22-34/h5-10,27-28,33-38H,11-26H2,1-4H3/q+2/b7-5+,8-6+,10-9+. The van der Waals surface area contributed by atoms with Crippen LogP contribution in [0.25, 0.3) is 0 Å². The normalized spacial score (nSPS) is 15.2. The first kappa shape index (κ1) is 36.8. The highest BCUT2D eigenvalue weighted by Crippen LogP contribution is 2.06. The minimum atomic E-state index is -0.151. The Morgan fingerprint density at radius 2 is 0.816 bits per heavy atom. The summed E-state index contributed by atoms with van der Waals surface area (Å²) in [6, 6.07) is -0.302. The van der Waals surface area contributed by atoms with Crippen LogP contribution >= 0.6 is 0 Å². The summed E-state index contributed by atoms with van der Waals surface area (Å²) in [4.78, 5) is 3.98.